The predicted octanol–water partition coefficient (Wildman–Crippen LogP) is 2.13. The average molecular weight is 277 g/mol. The molecule has 1 unspecified atom stereocenters. The van der Waals surface area contributed by atoms with Crippen LogP contribution < -0.4 is 11.1 Å². The molecular weight excluding hydrogens is 254 g/mol. The normalized spacial score (nSPS) is 21.4. The summed E-state index contributed by atoms with van der Waals surface area (Å²) in [5, 5.41) is 3.06. The van der Waals surface area contributed by atoms with Gasteiger partial charge < -0.3 is 15.8 Å². The fourth-order valence-electron chi connectivity index (χ4n) is 2.69. The van der Waals surface area contributed by atoms with Crippen molar-refractivity contribution >= 4 is 11.6 Å². The van der Waals surface area contributed by atoms with Crippen molar-refractivity contribution in [3.8, 4) is 0 Å². The number of nitrogen functional groups attached to an aromatic ring is 1. The van der Waals surface area contributed by atoms with Crippen molar-refractivity contribution in [2.75, 3.05) is 12.3 Å². The average Bonchev–Trinajstić information content (AvgIpc) is 2.48. The first kappa shape index (κ1) is 14.8. The Labute approximate surface area is 119 Å². The largest absolute Gasteiger partial charge is 0.397 e. The molecule has 3 N–H and O–H groups in total. The number of ether oxygens (including phenoxy) is 1. The third-order valence-corrected chi connectivity index (χ3v) is 4.14. The number of anilines is 1. The molecule has 1 aliphatic heterocycles. The Morgan fingerprint density at radius 2 is 2.25 bits per heavy atom. The molecule has 20 heavy (non-hydrogen) atoms. The summed E-state index contributed by atoms with van der Waals surface area (Å²) in [6, 6.07) is 3.49. The molecule has 2 heterocycles. The van der Waals surface area contributed by atoms with Gasteiger partial charge in [-0.2, -0.15) is 0 Å². The number of pyridine rings is 1. The predicted molar refractivity (Wildman–Crippen MR) is 78.4 cm³/mol. The molecule has 5 nitrogen and oxygen atoms in total. The smallest absolute Gasteiger partial charge is 0.270 e. The van der Waals surface area contributed by atoms with E-state index < -0.39 is 0 Å². The van der Waals surface area contributed by atoms with Gasteiger partial charge in [0.05, 0.1) is 17.5 Å². The van der Waals surface area contributed by atoms with E-state index in [-0.39, 0.29) is 17.6 Å². The number of nitrogens with one attached hydrogen (secondary N) is 1. The van der Waals surface area contributed by atoms with Crippen molar-refractivity contribution in [2.24, 2.45) is 0 Å². The first-order valence-corrected chi connectivity index (χ1v) is 7.25. The van der Waals surface area contributed by atoms with Crippen LogP contribution in [0.3, 0.4) is 0 Å². The zero-order valence-electron chi connectivity index (χ0n) is 12.2. The lowest BCUT2D eigenvalue weighted by Crippen LogP contribution is -2.48. The third kappa shape index (κ3) is 3.28. The molecule has 2 rings (SSSR count). The minimum absolute atomic E-state index is 0.0925. The third-order valence-electron chi connectivity index (χ3n) is 4.14. The van der Waals surface area contributed by atoms with Crippen molar-refractivity contribution in [1.82, 2.24) is 10.3 Å². The molecule has 0 aliphatic carbocycles. The Balaban J connectivity index is 1.99. The van der Waals surface area contributed by atoms with E-state index in [1.54, 1.807) is 12.1 Å². The highest BCUT2D eigenvalue weighted by Crippen LogP contribution is 2.31. The molecule has 1 aliphatic rings. The monoisotopic (exact) mass is 277 g/mol. The van der Waals surface area contributed by atoms with Crippen LogP contribution in [0.2, 0.25) is 0 Å². The summed E-state index contributed by atoms with van der Waals surface area (Å²) in [5.41, 5.74) is 6.45. The maximum atomic E-state index is 12.2. The van der Waals surface area contributed by atoms with Gasteiger partial charge in [-0.25, -0.2) is 4.98 Å². The molecular formula is C15H23N3O2. The lowest BCUT2D eigenvalue weighted by molar-refractivity contribution is -0.0917. The van der Waals surface area contributed by atoms with Gasteiger partial charge in [-0.05, 0) is 37.8 Å². The summed E-state index contributed by atoms with van der Waals surface area (Å²) in [6.45, 7) is 4.96. The van der Waals surface area contributed by atoms with Crippen LogP contribution in [0.25, 0.3) is 0 Å². The quantitative estimate of drug-likeness (QED) is 0.884. The van der Waals surface area contributed by atoms with Crippen LogP contribution in [0.5, 0.6) is 0 Å². The molecule has 1 atom stereocenters. The number of carbonyl (C=O) groups is 1. The van der Waals surface area contributed by atoms with Gasteiger partial charge in [-0.1, -0.05) is 13.8 Å². The minimum Gasteiger partial charge on any atom is -0.397 e. The minimum atomic E-state index is -0.141. The molecule has 1 amide bonds. The van der Waals surface area contributed by atoms with Crippen molar-refractivity contribution < 1.29 is 9.53 Å². The fourth-order valence-corrected chi connectivity index (χ4v) is 2.69. The highest BCUT2D eigenvalue weighted by atomic mass is 16.5. The summed E-state index contributed by atoms with van der Waals surface area (Å²) < 4.78 is 5.91. The zero-order chi connectivity index (χ0) is 14.6. The fraction of sp³-hybridized carbons (Fsp3) is 0.600. The topological polar surface area (TPSA) is 77.2 Å². The number of hydrogen-bond donors (Lipinski definition) is 2. The van der Waals surface area contributed by atoms with Crippen LogP contribution >= 0.6 is 0 Å². The van der Waals surface area contributed by atoms with E-state index >= 15 is 0 Å². The second-order valence-electron chi connectivity index (χ2n) is 5.38. The number of nitrogens with two attached hydrogens (primary N) is 1. The summed E-state index contributed by atoms with van der Waals surface area (Å²) >= 11 is 0. The first-order valence-electron chi connectivity index (χ1n) is 7.25. The van der Waals surface area contributed by atoms with Gasteiger partial charge in [0, 0.05) is 12.6 Å². The Morgan fingerprint density at radius 3 is 2.85 bits per heavy atom. The molecule has 110 valence electrons. The van der Waals surface area contributed by atoms with E-state index in [0.29, 0.717) is 18.0 Å². The van der Waals surface area contributed by atoms with Crippen molar-refractivity contribution in [1.29, 1.82) is 0 Å². The molecule has 1 saturated heterocycles. The zero-order valence-corrected chi connectivity index (χ0v) is 12.2. The molecule has 1 aromatic rings. The Hall–Kier alpha value is -1.62. The standard InChI is InChI=1S/C15H23N3O2/c1-3-15(4-2)9-12(7-8-20-15)18-14(19)13-6-5-11(16)10-17-13/h5-6,10,12H,3-4,7-9,16H2,1-2H3,(H,18,19). The lowest BCUT2D eigenvalue weighted by atomic mass is 9.86. The molecule has 0 radical (unpaired) electrons. The number of nitrogens with zero attached hydrogens (tertiary/aromatic N) is 1. The summed E-state index contributed by atoms with van der Waals surface area (Å²) in [5.74, 6) is -0.141. The van der Waals surface area contributed by atoms with Gasteiger partial charge in [0.2, 0.25) is 0 Å². The second kappa shape index (κ2) is 6.22. The van der Waals surface area contributed by atoms with E-state index in [9.17, 15) is 4.79 Å². The van der Waals surface area contributed by atoms with Gasteiger partial charge in [-0.15, -0.1) is 0 Å². The number of hydrogen-bond acceptors (Lipinski definition) is 4. The van der Waals surface area contributed by atoms with E-state index in [0.717, 1.165) is 25.7 Å². The highest BCUT2D eigenvalue weighted by Gasteiger charge is 2.35. The lowest BCUT2D eigenvalue weighted by Gasteiger charge is -2.40. The first-order chi connectivity index (χ1) is 9.58. The van der Waals surface area contributed by atoms with Crippen molar-refractivity contribution in [3.63, 3.8) is 0 Å². The Kier molecular flexibility index (Phi) is 4.60. The van der Waals surface area contributed by atoms with Gasteiger partial charge >= 0.3 is 0 Å². The molecule has 5 heteroatoms. The van der Waals surface area contributed by atoms with Crippen LogP contribution in [0.15, 0.2) is 18.3 Å². The maximum absolute atomic E-state index is 12.2. The van der Waals surface area contributed by atoms with Crippen LogP contribution in [0, 0.1) is 0 Å². The summed E-state index contributed by atoms with van der Waals surface area (Å²) in [6.07, 6.45) is 5.15. The molecule has 1 aromatic heterocycles. The Morgan fingerprint density at radius 1 is 1.50 bits per heavy atom. The van der Waals surface area contributed by atoms with Crippen molar-refractivity contribution in [3.05, 3.63) is 24.0 Å². The maximum Gasteiger partial charge on any atom is 0.270 e. The number of rotatable bonds is 4. The molecule has 0 aromatic carbocycles. The van der Waals surface area contributed by atoms with Gasteiger partial charge in [-0.3, -0.25) is 4.79 Å². The van der Waals surface area contributed by atoms with Gasteiger partial charge in [0.15, 0.2) is 0 Å². The molecule has 0 saturated carbocycles. The Bertz CT molecular complexity index is 455. The molecule has 1 fully saturated rings. The summed E-state index contributed by atoms with van der Waals surface area (Å²) in [7, 11) is 0. The van der Waals surface area contributed by atoms with E-state index in [1.165, 1.54) is 6.20 Å². The highest BCUT2D eigenvalue weighted by molar-refractivity contribution is 5.92. The van der Waals surface area contributed by atoms with Crippen LogP contribution in [-0.2, 0) is 4.74 Å². The SMILES string of the molecule is CCC1(CC)CC(NC(=O)c2ccc(N)cn2)CCO1. The van der Waals surface area contributed by atoms with Crippen LogP contribution in [0.4, 0.5) is 5.69 Å². The van der Waals surface area contributed by atoms with E-state index in [1.807, 2.05) is 0 Å². The van der Waals surface area contributed by atoms with Crippen LogP contribution in [-0.4, -0.2) is 29.1 Å². The molecule has 0 spiro atoms. The van der Waals surface area contributed by atoms with E-state index in [2.05, 4.69) is 24.1 Å². The number of amides is 1. The number of carbonyl (C=O) groups excluding carboxylic acids is 1. The van der Waals surface area contributed by atoms with E-state index in [4.69, 9.17) is 10.5 Å². The molecule has 0 bridgehead atoms. The van der Waals surface area contributed by atoms with Gasteiger partial charge in [0.1, 0.15) is 5.69 Å². The second-order valence-corrected chi connectivity index (χ2v) is 5.38. The van der Waals surface area contributed by atoms with Crippen molar-refractivity contribution in [2.45, 2.75) is 51.2 Å². The van der Waals surface area contributed by atoms with Gasteiger partial charge in [0.25, 0.3) is 5.91 Å². The summed E-state index contributed by atoms with van der Waals surface area (Å²) in [4.78, 5) is 16.2. The number of aromatic nitrogens is 1. The van der Waals surface area contributed by atoms with Crippen LogP contribution in [0.1, 0.15) is 50.0 Å².